The number of amides is 1. The summed E-state index contributed by atoms with van der Waals surface area (Å²) in [6.07, 6.45) is 1.92. The number of hydrogen-bond acceptors (Lipinski definition) is 4. The van der Waals surface area contributed by atoms with E-state index in [0.717, 1.165) is 17.7 Å². The predicted molar refractivity (Wildman–Crippen MR) is 96.7 cm³/mol. The molecule has 0 fully saturated rings. The minimum Gasteiger partial charge on any atom is -0.342 e. The Labute approximate surface area is 147 Å². The van der Waals surface area contributed by atoms with E-state index in [1.807, 2.05) is 17.5 Å². The van der Waals surface area contributed by atoms with Crippen LogP contribution in [0.4, 0.5) is 0 Å². The number of carbonyl (C=O) groups excluding carboxylic acids is 1. The van der Waals surface area contributed by atoms with E-state index in [2.05, 4.69) is 11.6 Å². The van der Waals surface area contributed by atoms with Gasteiger partial charge >= 0.3 is 0 Å². The molecule has 5 nitrogen and oxygen atoms in total. The van der Waals surface area contributed by atoms with Gasteiger partial charge in [0.25, 0.3) is 5.91 Å². The van der Waals surface area contributed by atoms with Crippen LogP contribution in [-0.4, -0.2) is 32.8 Å². The monoisotopic (exact) mass is 366 g/mol. The van der Waals surface area contributed by atoms with E-state index in [9.17, 15) is 13.2 Å². The van der Waals surface area contributed by atoms with Gasteiger partial charge in [0.15, 0.2) is 0 Å². The van der Waals surface area contributed by atoms with Crippen molar-refractivity contribution in [2.45, 2.75) is 31.2 Å². The van der Waals surface area contributed by atoms with Crippen LogP contribution in [-0.2, 0) is 16.6 Å². The first-order valence-electron chi connectivity index (χ1n) is 7.81. The molecule has 0 spiro atoms. The summed E-state index contributed by atoms with van der Waals surface area (Å²) in [7, 11) is -1.92. The Morgan fingerprint density at radius 3 is 2.71 bits per heavy atom. The zero-order chi connectivity index (χ0) is 17.6. The van der Waals surface area contributed by atoms with Crippen molar-refractivity contribution < 1.29 is 13.2 Å². The van der Waals surface area contributed by atoms with Gasteiger partial charge in [-0.05, 0) is 36.1 Å². The summed E-state index contributed by atoms with van der Waals surface area (Å²) in [6, 6.07) is 9.92. The molecule has 1 aromatic heterocycles. The van der Waals surface area contributed by atoms with Crippen molar-refractivity contribution in [2.24, 2.45) is 0 Å². The fourth-order valence-electron chi connectivity index (χ4n) is 2.18. The number of carbonyl (C=O) groups is 1. The first kappa shape index (κ1) is 18.6. The number of hydrogen-bond donors (Lipinski definition) is 1. The number of sulfonamides is 1. The highest BCUT2D eigenvalue weighted by Crippen LogP contribution is 2.15. The van der Waals surface area contributed by atoms with E-state index in [0.29, 0.717) is 12.1 Å². The van der Waals surface area contributed by atoms with E-state index in [1.54, 1.807) is 24.1 Å². The van der Waals surface area contributed by atoms with Gasteiger partial charge < -0.3 is 4.90 Å². The molecule has 0 saturated carbocycles. The maximum Gasteiger partial charge on any atom is 0.253 e. The lowest BCUT2D eigenvalue weighted by Gasteiger charge is -2.17. The Morgan fingerprint density at radius 2 is 2.04 bits per heavy atom. The molecule has 0 radical (unpaired) electrons. The Balaban J connectivity index is 2.12. The molecule has 0 aliphatic carbocycles. The second-order valence-corrected chi connectivity index (χ2v) is 8.31. The summed E-state index contributed by atoms with van der Waals surface area (Å²) < 4.78 is 27.4. The number of thiophene rings is 1. The maximum absolute atomic E-state index is 12.4. The molecule has 1 N–H and O–H groups in total. The molecule has 1 aromatic carbocycles. The van der Waals surface area contributed by atoms with Crippen LogP contribution in [0.3, 0.4) is 0 Å². The largest absolute Gasteiger partial charge is 0.342 e. The third kappa shape index (κ3) is 4.90. The van der Waals surface area contributed by atoms with E-state index in [-0.39, 0.29) is 17.3 Å². The summed E-state index contributed by atoms with van der Waals surface area (Å²) in [5, 5.41) is 1.90. The summed E-state index contributed by atoms with van der Waals surface area (Å²) >= 11 is 1.49. The highest BCUT2D eigenvalue weighted by atomic mass is 32.2. The van der Waals surface area contributed by atoms with Crippen LogP contribution in [0.15, 0.2) is 46.7 Å². The molecule has 7 heteroatoms. The van der Waals surface area contributed by atoms with Crippen molar-refractivity contribution in [3.8, 4) is 0 Å². The number of nitrogens with zero attached hydrogens (tertiary/aromatic N) is 1. The third-order valence-electron chi connectivity index (χ3n) is 3.60. The number of nitrogens with one attached hydrogen (secondary N) is 1. The zero-order valence-electron chi connectivity index (χ0n) is 13.9. The van der Waals surface area contributed by atoms with Gasteiger partial charge in [-0.15, -0.1) is 11.3 Å². The maximum atomic E-state index is 12.4. The average Bonchev–Trinajstić information content (AvgIpc) is 3.11. The van der Waals surface area contributed by atoms with Crippen LogP contribution < -0.4 is 4.72 Å². The van der Waals surface area contributed by atoms with Crippen LogP contribution in [0, 0.1) is 0 Å². The van der Waals surface area contributed by atoms with E-state index >= 15 is 0 Å². The second kappa shape index (κ2) is 8.41. The number of benzene rings is 1. The molecule has 0 saturated heterocycles. The van der Waals surface area contributed by atoms with Gasteiger partial charge in [-0.1, -0.05) is 25.5 Å². The predicted octanol–water partition coefficient (Wildman–Crippen LogP) is 3.10. The number of unbranched alkanes of at least 4 members (excludes halogenated alkanes) is 1. The topological polar surface area (TPSA) is 66.5 Å². The Bertz CT molecular complexity index is 771. The van der Waals surface area contributed by atoms with E-state index in [1.165, 1.54) is 23.5 Å². The molecule has 130 valence electrons. The summed E-state index contributed by atoms with van der Waals surface area (Å²) in [5.74, 6) is -0.168. The molecule has 2 aromatic rings. The fraction of sp³-hybridized carbons (Fsp3) is 0.353. The smallest absolute Gasteiger partial charge is 0.253 e. The molecule has 24 heavy (non-hydrogen) atoms. The molecule has 0 aliphatic heterocycles. The first-order chi connectivity index (χ1) is 11.4. The van der Waals surface area contributed by atoms with Gasteiger partial charge in [0.1, 0.15) is 0 Å². The van der Waals surface area contributed by atoms with E-state index < -0.39 is 10.0 Å². The van der Waals surface area contributed by atoms with Gasteiger partial charge in [-0.3, -0.25) is 4.79 Å². The van der Waals surface area contributed by atoms with Crippen LogP contribution in [0.25, 0.3) is 0 Å². The van der Waals surface area contributed by atoms with E-state index in [4.69, 9.17) is 0 Å². The standard InChI is InChI=1S/C17H22N2O3S2/c1-3-4-10-19(2)17(20)14-7-5-9-16(12-14)24(21,22)18-13-15-8-6-11-23-15/h5-9,11-12,18H,3-4,10,13H2,1-2H3. The molecule has 1 amide bonds. The van der Waals surface area contributed by atoms with Crippen molar-refractivity contribution in [2.75, 3.05) is 13.6 Å². The molecule has 0 bridgehead atoms. The van der Waals surface area contributed by atoms with Crippen LogP contribution in [0.5, 0.6) is 0 Å². The Morgan fingerprint density at radius 1 is 1.25 bits per heavy atom. The quantitative estimate of drug-likeness (QED) is 0.781. The lowest BCUT2D eigenvalue weighted by molar-refractivity contribution is 0.0793. The van der Waals surface area contributed by atoms with Crippen molar-refractivity contribution in [1.82, 2.24) is 9.62 Å². The highest BCUT2D eigenvalue weighted by molar-refractivity contribution is 7.89. The molecule has 0 atom stereocenters. The molecule has 1 heterocycles. The first-order valence-corrected chi connectivity index (χ1v) is 10.2. The Kier molecular flexibility index (Phi) is 6.53. The third-order valence-corrected chi connectivity index (χ3v) is 5.88. The molecule has 2 rings (SSSR count). The van der Waals surface area contributed by atoms with Crippen molar-refractivity contribution in [3.63, 3.8) is 0 Å². The second-order valence-electron chi connectivity index (χ2n) is 5.51. The van der Waals surface area contributed by atoms with Crippen molar-refractivity contribution in [3.05, 3.63) is 52.2 Å². The summed E-state index contributed by atoms with van der Waals surface area (Å²) in [6.45, 7) is 2.96. The summed E-state index contributed by atoms with van der Waals surface area (Å²) in [5.41, 5.74) is 0.382. The number of rotatable bonds is 8. The van der Waals surface area contributed by atoms with Crippen LogP contribution in [0.2, 0.25) is 0 Å². The average molecular weight is 367 g/mol. The molecule has 0 unspecified atom stereocenters. The Hall–Kier alpha value is -1.70. The zero-order valence-corrected chi connectivity index (χ0v) is 15.5. The van der Waals surface area contributed by atoms with Gasteiger partial charge in [-0.2, -0.15) is 0 Å². The fourth-order valence-corrected chi connectivity index (χ4v) is 3.96. The molecule has 0 aliphatic rings. The molecular weight excluding hydrogens is 344 g/mol. The van der Waals surface area contributed by atoms with Crippen molar-refractivity contribution in [1.29, 1.82) is 0 Å². The minimum atomic E-state index is -3.65. The normalized spacial score (nSPS) is 11.4. The van der Waals surface area contributed by atoms with Crippen LogP contribution in [0.1, 0.15) is 35.0 Å². The lowest BCUT2D eigenvalue weighted by Crippen LogP contribution is -2.28. The SMILES string of the molecule is CCCCN(C)C(=O)c1cccc(S(=O)(=O)NCc2cccs2)c1. The summed E-state index contributed by atoms with van der Waals surface area (Å²) in [4.78, 5) is 15.0. The minimum absolute atomic E-state index is 0.105. The molecular formula is C17H22N2O3S2. The highest BCUT2D eigenvalue weighted by Gasteiger charge is 2.18. The lowest BCUT2D eigenvalue weighted by atomic mass is 10.2. The van der Waals surface area contributed by atoms with Gasteiger partial charge in [0, 0.05) is 30.6 Å². The van der Waals surface area contributed by atoms with Gasteiger partial charge in [0.2, 0.25) is 10.0 Å². The van der Waals surface area contributed by atoms with Gasteiger partial charge in [0.05, 0.1) is 4.90 Å². The van der Waals surface area contributed by atoms with Crippen molar-refractivity contribution >= 4 is 27.3 Å². The van der Waals surface area contributed by atoms with Crippen LogP contribution >= 0.6 is 11.3 Å². The van der Waals surface area contributed by atoms with Gasteiger partial charge in [-0.25, -0.2) is 13.1 Å².